The third-order valence-corrected chi connectivity index (χ3v) is 7.44. The van der Waals surface area contributed by atoms with Crippen molar-refractivity contribution >= 4 is 0 Å². The van der Waals surface area contributed by atoms with Gasteiger partial charge in [0.15, 0.2) is 5.82 Å². The van der Waals surface area contributed by atoms with Crippen molar-refractivity contribution in [3.05, 3.63) is 94.5 Å². The van der Waals surface area contributed by atoms with Gasteiger partial charge < -0.3 is 4.90 Å². The Morgan fingerprint density at radius 1 is 0.795 bits per heavy atom. The van der Waals surface area contributed by atoms with Crippen molar-refractivity contribution in [3.8, 4) is 17.1 Å². The molecule has 6 nitrogen and oxygen atoms in total. The van der Waals surface area contributed by atoms with E-state index in [-0.39, 0.29) is 11.4 Å². The summed E-state index contributed by atoms with van der Waals surface area (Å²) in [4.78, 5) is 4.66. The lowest BCUT2D eigenvalue weighted by Gasteiger charge is -2.35. The summed E-state index contributed by atoms with van der Waals surface area (Å²) in [5, 5.41) is 12.0. The normalized spacial score (nSPS) is 15.1. The van der Waals surface area contributed by atoms with E-state index in [4.69, 9.17) is 0 Å². The van der Waals surface area contributed by atoms with E-state index >= 15 is 0 Å². The third kappa shape index (κ3) is 6.20. The van der Waals surface area contributed by atoms with E-state index in [1.807, 2.05) is 38.1 Å². The van der Waals surface area contributed by atoms with Crippen molar-refractivity contribution < 1.29 is 13.2 Å². The van der Waals surface area contributed by atoms with E-state index in [1.165, 1.54) is 16.3 Å². The fourth-order valence-corrected chi connectivity index (χ4v) is 5.43. The van der Waals surface area contributed by atoms with Crippen molar-refractivity contribution in [2.75, 3.05) is 32.7 Å². The monoisotopic (exact) mass is 534 g/mol. The van der Waals surface area contributed by atoms with Gasteiger partial charge in [0.2, 0.25) is 0 Å². The molecule has 4 aromatic rings. The van der Waals surface area contributed by atoms with Gasteiger partial charge in [-0.2, -0.15) is 17.9 Å². The summed E-state index contributed by atoms with van der Waals surface area (Å²) in [6.07, 6.45) is -2.41. The second-order valence-corrected chi connectivity index (χ2v) is 10.2. The number of piperazine rings is 1. The van der Waals surface area contributed by atoms with Gasteiger partial charge in [-0.15, -0.1) is 5.10 Å². The molecule has 0 aliphatic carbocycles. The Morgan fingerprint density at radius 2 is 1.46 bits per heavy atom. The zero-order valence-corrected chi connectivity index (χ0v) is 22.3. The SMILES string of the molecule is Cc1cccc(C)c1-n1nnnc1-c1c(CN2CCN(CCCc3ccccc3)CC2)cccc1C(F)(F)F. The Kier molecular flexibility index (Phi) is 8.09. The first-order valence-corrected chi connectivity index (χ1v) is 13.3. The van der Waals surface area contributed by atoms with Crippen LogP contribution in [0.4, 0.5) is 13.2 Å². The number of halogens is 3. The summed E-state index contributed by atoms with van der Waals surface area (Å²) in [6, 6.07) is 20.6. The minimum atomic E-state index is -4.54. The van der Waals surface area contributed by atoms with Crippen molar-refractivity contribution in [1.29, 1.82) is 0 Å². The van der Waals surface area contributed by atoms with Gasteiger partial charge in [0.05, 0.1) is 11.3 Å². The Balaban J connectivity index is 1.35. The van der Waals surface area contributed by atoms with E-state index in [1.54, 1.807) is 6.07 Å². The van der Waals surface area contributed by atoms with Crippen LogP contribution >= 0.6 is 0 Å². The van der Waals surface area contributed by atoms with E-state index in [2.05, 4.69) is 49.6 Å². The molecular formula is C30H33F3N6. The molecule has 0 bridgehead atoms. The van der Waals surface area contributed by atoms with E-state index in [9.17, 15) is 13.2 Å². The average Bonchev–Trinajstić information content (AvgIpc) is 3.38. The Morgan fingerprint density at radius 3 is 2.15 bits per heavy atom. The molecule has 0 spiro atoms. The van der Waals surface area contributed by atoms with Gasteiger partial charge in [-0.3, -0.25) is 4.90 Å². The number of tetrazole rings is 1. The van der Waals surface area contributed by atoms with E-state index < -0.39 is 11.7 Å². The minimum absolute atomic E-state index is 0.0444. The largest absolute Gasteiger partial charge is 0.417 e. The maximum absolute atomic E-state index is 14.3. The molecule has 9 heteroatoms. The number of nitrogens with zero attached hydrogens (tertiary/aromatic N) is 6. The zero-order valence-electron chi connectivity index (χ0n) is 22.3. The van der Waals surface area contributed by atoms with Crippen LogP contribution in [-0.4, -0.2) is 62.7 Å². The van der Waals surface area contributed by atoms with Crippen LogP contribution < -0.4 is 0 Å². The topological polar surface area (TPSA) is 50.1 Å². The molecule has 1 saturated heterocycles. The lowest BCUT2D eigenvalue weighted by Crippen LogP contribution is -2.46. The van der Waals surface area contributed by atoms with Crippen molar-refractivity contribution in [2.45, 2.75) is 39.4 Å². The number of alkyl halides is 3. The summed E-state index contributed by atoms with van der Waals surface area (Å²) >= 11 is 0. The molecule has 204 valence electrons. The Bertz CT molecular complexity index is 1370. The second-order valence-electron chi connectivity index (χ2n) is 10.2. The average molecular weight is 535 g/mol. The Labute approximate surface area is 227 Å². The van der Waals surface area contributed by atoms with E-state index in [0.717, 1.165) is 62.8 Å². The van der Waals surface area contributed by atoms with Gasteiger partial charge in [-0.25, -0.2) is 0 Å². The molecule has 1 fully saturated rings. The summed E-state index contributed by atoms with van der Waals surface area (Å²) in [6.45, 7) is 8.60. The fraction of sp³-hybridized carbons (Fsp3) is 0.367. The van der Waals surface area contributed by atoms with Crippen LogP contribution in [0.5, 0.6) is 0 Å². The number of aromatic nitrogens is 4. The molecule has 0 atom stereocenters. The lowest BCUT2D eigenvalue weighted by atomic mass is 9.98. The third-order valence-electron chi connectivity index (χ3n) is 7.44. The fourth-order valence-electron chi connectivity index (χ4n) is 5.43. The first-order valence-electron chi connectivity index (χ1n) is 13.3. The second kappa shape index (κ2) is 11.7. The number of para-hydroxylation sites is 1. The van der Waals surface area contributed by atoms with Crippen molar-refractivity contribution in [1.82, 2.24) is 30.0 Å². The number of benzene rings is 3. The zero-order chi connectivity index (χ0) is 27.4. The van der Waals surface area contributed by atoms with Crippen molar-refractivity contribution in [3.63, 3.8) is 0 Å². The van der Waals surface area contributed by atoms with Gasteiger partial charge in [-0.1, -0.05) is 60.7 Å². The van der Waals surface area contributed by atoms with Crippen LogP contribution in [0.2, 0.25) is 0 Å². The van der Waals surface area contributed by atoms with Crippen LogP contribution in [0.1, 0.15) is 34.2 Å². The first-order chi connectivity index (χ1) is 18.8. The quantitative estimate of drug-likeness (QED) is 0.290. The standard InChI is InChI=1S/C30H33F3N6/c1-22-9-6-10-23(2)28(22)39-29(34-35-36-39)27-25(14-7-15-26(27)30(31,32)33)21-38-19-17-37(18-20-38)16-8-13-24-11-4-3-5-12-24/h3-7,9-12,14-15H,8,13,16-21H2,1-2H3. The molecule has 39 heavy (non-hydrogen) atoms. The maximum atomic E-state index is 14.3. The molecule has 3 aromatic carbocycles. The molecular weight excluding hydrogens is 501 g/mol. The summed E-state index contributed by atoms with van der Waals surface area (Å²) in [5.74, 6) is 0.106. The van der Waals surface area contributed by atoms with E-state index in [0.29, 0.717) is 17.8 Å². The Hall–Kier alpha value is -3.56. The number of hydrogen-bond acceptors (Lipinski definition) is 5. The van der Waals surface area contributed by atoms with Gasteiger partial charge in [0.1, 0.15) is 0 Å². The highest BCUT2D eigenvalue weighted by Gasteiger charge is 2.37. The molecule has 1 aliphatic heterocycles. The molecule has 5 rings (SSSR count). The van der Waals surface area contributed by atoms with Crippen LogP contribution in [0, 0.1) is 13.8 Å². The molecule has 1 aliphatic rings. The predicted molar refractivity (Wildman–Crippen MR) is 146 cm³/mol. The van der Waals surface area contributed by atoms with Gasteiger partial charge in [-0.05, 0) is 72.0 Å². The highest BCUT2D eigenvalue weighted by molar-refractivity contribution is 5.68. The highest BCUT2D eigenvalue weighted by atomic mass is 19.4. The number of rotatable bonds is 8. The smallest absolute Gasteiger partial charge is 0.301 e. The molecule has 1 aromatic heterocycles. The molecule has 0 amide bonds. The van der Waals surface area contributed by atoms with Crippen LogP contribution in [0.25, 0.3) is 17.1 Å². The number of aryl methyl sites for hydroxylation is 3. The van der Waals surface area contributed by atoms with Crippen LogP contribution in [0.15, 0.2) is 66.7 Å². The summed E-state index contributed by atoms with van der Waals surface area (Å²) in [7, 11) is 0. The van der Waals surface area contributed by atoms with Crippen LogP contribution in [0.3, 0.4) is 0 Å². The molecule has 0 saturated carbocycles. The lowest BCUT2D eigenvalue weighted by molar-refractivity contribution is -0.137. The molecule has 0 unspecified atom stereocenters. The first kappa shape index (κ1) is 27.0. The molecule has 2 heterocycles. The van der Waals surface area contributed by atoms with Crippen LogP contribution in [-0.2, 0) is 19.1 Å². The summed E-state index contributed by atoms with van der Waals surface area (Å²) in [5.41, 5.74) is 3.71. The molecule has 0 N–H and O–H groups in total. The summed E-state index contributed by atoms with van der Waals surface area (Å²) < 4.78 is 44.3. The highest BCUT2D eigenvalue weighted by Crippen LogP contribution is 2.39. The molecule has 0 radical (unpaired) electrons. The van der Waals surface area contributed by atoms with Gasteiger partial charge in [0.25, 0.3) is 0 Å². The van der Waals surface area contributed by atoms with Crippen molar-refractivity contribution in [2.24, 2.45) is 0 Å². The predicted octanol–water partition coefficient (Wildman–Crippen LogP) is 5.72. The number of hydrogen-bond donors (Lipinski definition) is 0. The van der Waals surface area contributed by atoms with Gasteiger partial charge in [0, 0.05) is 38.3 Å². The van der Waals surface area contributed by atoms with Gasteiger partial charge >= 0.3 is 6.18 Å². The minimum Gasteiger partial charge on any atom is -0.301 e. The maximum Gasteiger partial charge on any atom is 0.417 e.